The van der Waals surface area contributed by atoms with Gasteiger partial charge in [0.2, 0.25) is 5.91 Å². The first-order chi connectivity index (χ1) is 14.4. The first kappa shape index (κ1) is 21.6. The lowest BCUT2D eigenvalue weighted by Gasteiger charge is -2.43. The van der Waals surface area contributed by atoms with Crippen LogP contribution in [0.25, 0.3) is 5.57 Å². The number of allylic oxidation sites excluding steroid dienone is 1. The van der Waals surface area contributed by atoms with Gasteiger partial charge in [-0.15, -0.1) is 0 Å². The molecule has 0 unspecified atom stereocenters. The third-order valence-corrected chi connectivity index (χ3v) is 5.38. The van der Waals surface area contributed by atoms with Crippen molar-refractivity contribution < 1.29 is 9.53 Å². The van der Waals surface area contributed by atoms with Gasteiger partial charge in [-0.1, -0.05) is 43.3 Å². The Morgan fingerprint density at radius 3 is 2.63 bits per heavy atom. The zero-order chi connectivity index (χ0) is 21.7. The first-order valence-electron chi connectivity index (χ1n) is 10.4. The summed E-state index contributed by atoms with van der Waals surface area (Å²) in [6.45, 7) is 9.77. The molecule has 0 bridgehead atoms. The van der Waals surface area contributed by atoms with E-state index < -0.39 is 0 Å². The van der Waals surface area contributed by atoms with Crippen molar-refractivity contribution >= 4 is 23.4 Å². The smallest absolute Gasteiger partial charge is 0.244 e. The minimum absolute atomic E-state index is 0.0564. The lowest BCUT2D eigenvalue weighted by Crippen LogP contribution is -2.45. The Kier molecular flexibility index (Phi) is 6.60. The van der Waals surface area contributed by atoms with Crippen LogP contribution in [0.15, 0.2) is 53.6 Å². The molecule has 0 saturated carbocycles. The molecular formula is C25H31N3O2. The zero-order valence-corrected chi connectivity index (χ0v) is 18.5. The second-order valence-electron chi connectivity index (χ2n) is 8.20. The van der Waals surface area contributed by atoms with Gasteiger partial charge >= 0.3 is 0 Å². The number of carbonyl (C=O) groups is 1. The summed E-state index contributed by atoms with van der Waals surface area (Å²) in [5, 5.41) is 4.17. The lowest BCUT2D eigenvalue weighted by atomic mass is 9.87. The molecule has 0 aromatic heterocycles. The number of rotatable bonds is 7. The summed E-state index contributed by atoms with van der Waals surface area (Å²) in [5.74, 6) is 0.586. The van der Waals surface area contributed by atoms with Gasteiger partial charge in [0.25, 0.3) is 0 Å². The van der Waals surface area contributed by atoms with Crippen LogP contribution in [-0.2, 0) is 11.2 Å². The predicted octanol–water partition coefficient (Wildman–Crippen LogP) is 4.80. The zero-order valence-electron chi connectivity index (χ0n) is 18.5. The largest absolute Gasteiger partial charge is 0.496 e. The number of hydrogen-bond acceptors (Lipinski definition) is 4. The maximum Gasteiger partial charge on any atom is 0.244 e. The molecule has 1 N–H and O–H groups in total. The fourth-order valence-electron chi connectivity index (χ4n) is 4.03. The van der Waals surface area contributed by atoms with Crippen LogP contribution in [0.2, 0.25) is 0 Å². The Morgan fingerprint density at radius 2 is 1.97 bits per heavy atom. The second kappa shape index (κ2) is 9.16. The summed E-state index contributed by atoms with van der Waals surface area (Å²) in [7, 11) is 1.66. The van der Waals surface area contributed by atoms with Crippen molar-refractivity contribution in [2.24, 2.45) is 5.10 Å². The number of fused-ring (bicyclic) bond motifs is 1. The highest BCUT2D eigenvalue weighted by atomic mass is 16.5. The number of benzene rings is 2. The van der Waals surface area contributed by atoms with E-state index in [0.29, 0.717) is 6.42 Å². The van der Waals surface area contributed by atoms with Gasteiger partial charge in [-0.2, -0.15) is 5.10 Å². The molecule has 1 aliphatic rings. The summed E-state index contributed by atoms with van der Waals surface area (Å²) in [6, 6.07) is 13.8. The van der Waals surface area contributed by atoms with E-state index in [1.165, 1.54) is 16.8 Å². The van der Waals surface area contributed by atoms with Crippen LogP contribution in [0.5, 0.6) is 5.75 Å². The van der Waals surface area contributed by atoms with Gasteiger partial charge in [-0.05, 0) is 44.4 Å². The normalized spacial score (nSPS) is 15.0. The molecule has 1 aliphatic heterocycles. The van der Waals surface area contributed by atoms with E-state index in [1.807, 2.05) is 30.3 Å². The average Bonchev–Trinajstić information content (AvgIpc) is 2.71. The number of anilines is 1. The Morgan fingerprint density at radius 1 is 1.23 bits per heavy atom. The summed E-state index contributed by atoms with van der Waals surface area (Å²) in [6.07, 6.45) is 5.32. The molecule has 0 atom stereocenters. The first-order valence-corrected chi connectivity index (χ1v) is 10.4. The third-order valence-electron chi connectivity index (χ3n) is 5.38. The van der Waals surface area contributed by atoms with Gasteiger partial charge in [-0.3, -0.25) is 4.79 Å². The number of ether oxygens (including phenoxy) is 1. The Balaban J connectivity index is 1.83. The molecule has 2 aromatic rings. The van der Waals surface area contributed by atoms with Crippen LogP contribution < -0.4 is 15.1 Å². The molecule has 0 radical (unpaired) electrons. The van der Waals surface area contributed by atoms with Crippen molar-refractivity contribution in [2.45, 2.75) is 46.1 Å². The minimum Gasteiger partial charge on any atom is -0.496 e. The third kappa shape index (κ3) is 4.73. The van der Waals surface area contributed by atoms with E-state index in [-0.39, 0.29) is 11.4 Å². The summed E-state index contributed by atoms with van der Waals surface area (Å²) in [4.78, 5) is 14.6. The van der Waals surface area contributed by atoms with Crippen molar-refractivity contribution in [2.75, 3.05) is 18.6 Å². The maximum atomic E-state index is 12.2. The van der Waals surface area contributed by atoms with Gasteiger partial charge < -0.3 is 9.64 Å². The van der Waals surface area contributed by atoms with Crippen LogP contribution >= 0.6 is 0 Å². The summed E-state index contributed by atoms with van der Waals surface area (Å²) in [5.41, 5.74) is 7.91. The van der Waals surface area contributed by atoms with E-state index in [2.05, 4.69) is 61.3 Å². The standard InChI is InChI=1S/C25H31N3O2/c1-6-12-28-22-15-23(30-5)20(14-21(22)18(2)16-25(28,3)4)17-26-27-24(29)13-19-10-8-7-9-11-19/h7-11,14-17H,6,12-13H2,1-5H3,(H,27,29)/b26-17-. The molecular weight excluding hydrogens is 374 g/mol. The molecule has 2 aromatic carbocycles. The van der Waals surface area contributed by atoms with Crippen LogP contribution in [0, 0.1) is 0 Å². The number of hydrogen-bond donors (Lipinski definition) is 1. The summed E-state index contributed by atoms with van der Waals surface area (Å²) < 4.78 is 5.64. The second-order valence-corrected chi connectivity index (χ2v) is 8.20. The highest BCUT2D eigenvalue weighted by molar-refractivity contribution is 5.91. The van der Waals surface area contributed by atoms with Crippen molar-refractivity contribution in [3.8, 4) is 5.75 Å². The van der Waals surface area contributed by atoms with Crippen LogP contribution in [0.3, 0.4) is 0 Å². The number of amides is 1. The van der Waals surface area contributed by atoms with E-state index >= 15 is 0 Å². The quantitative estimate of drug-likeness (QED) is 0.532. The van der Waals surface area contributed by atoms with Crippen molar-refractivity contribution in [1.82, 2.24) is 5.43 Å². The predicted molar refractivity (Wildman–Crippen MR) is 124 cm³/mol. The van der Waals surface area contributed by atoms with Crippen LogP contribution in [-0.4, -0.2) is 31.3 Å². The highest BCUT2D eigenvalue weighted by Gasteiger charge is 2.31. The SMILES string of the molecule is CCCN1c2cc(OC)c(/C=N\NC(=O)Cc3ccccc3)cc2C(C)=CC1(C)C. The van der Waals surface area contributed by atoms with Crippen LogP contribution in [0.1, 0.15) is 50.8 Å². The molecule has 0 spiro atoms. The number of hydrazone groups is 1. The van der Waals surface area contributed by atoms with E-state index in [0.717, 1.165) is 29.8 Å². The molecule has 0 saturated heterocycles. The average molecular weight is 406 g/mol. The van der Waals surface area contributed by atoms with E-state index in [9.17, 15) is 4.79 Å². The Labute approximate surface area is 179 Å². The molecule has 0 aliphatic carbocycles. The van der Waals surface area contributed by atoms with Crippen LogP contribution in [0.4, 0.5) is 5.69 Å². The molecule has 1 heterocycles. The fraction of sp³-hybridized carbons (Fsp3) is 0.360. The Bertz CT molecular complexity index is 962. The molecule has 3 rings (SSSR count). The number of methoxy groups -OCH3 is 1. The fourth-order valence-corrected chi connectivity index (χ4v) is 4.03. The Hall–Kier alpha value is -3.08. The van der Waals surface area contributed by atoms with E-state index in [1.54, 1.807) is 13.3 Å². The molecule has 158 valence electrons. The monoisotopic (exact) mass is 405 g/mol. The molecule has 30 heavy (non-hydrogen) atoms. The molecule has 0 fully saturated rings. The number of nitrogens with zero attached hydrogens (tertiary/aromatic N) is 2. The molecule has 5 heteroatoms. The van der Waals surface area contributed by atoms with Gasteiger partial charge in [0.05, 0.1) is 25.3 Å². The maximum absolute atomic E-state index is 12.2. The van der Waals surface area contributed by atoms with Gasteiger partial charge in [0.1, 0.15) is 5.75 Å². The highest BCUT2D eigenvalue weighted by Crippen LogP contribution is 2.41. The lowest BCUT2D eigenvalue weighted by molar-refractivity contribution is -0.120. The van der Waals surface area contributed by atoms with Crippen molar-refractivity contribution in [1.29, 1.82) is 0 Å². The number of carbonyl (C=O) groups excluding carboxylic acids is 1. The van der Waals surface area contributed by atoms with Gasteiger partial charge in [-0.25, -0.2) is 5.43 Å². The topological polar surface area (TPSA) is 53.9 Å². The van der Waals surface area contributed by atoms with Crippen molar-refractivity contribution in [3.63, 3.8) is 0 Å². The molecule has 1 amide bonds. The van der Waals surface area contributed by atoms with Gasteiger partial charge in [0, 0.05) is 29.4 Å². The van der Waals surface area contributed by atoms with E-state index in [4.69, 9.17) is 4.74 Å². The minimum atomic E-state index is -0.152. The number of nitrogens with one attached hydrogen (secondary N) is 1. The van der Waals surface area contributed by atoms with Crippen molar-refractivity contribution in [3.05, 3.63) is 65.2 Å². The summed E-state index contributed by atoms with van der Waals surface area (Å²) >= 11 is 0. The van der Waals surface area contributed by atoms with Gasteiger partial charge in [0.15, 0.2) is 0 Å². The molecule has 5 nitrogen and oxygen atoms in total.